The van der Waals surface area contributed by atoms with E-state index in [-0.39, 0.29) is 6.10 Å². The highest BCUT2D eigenvalue weighted by molar-refractivity contribution is 5.60. The van der Waals surface area contributed by atoms with Crippen LogP contribution in [0, 0.1) is 6.92 Å². The summed E-state index contributed by atoms with van der Waals surface area (Å²) in [6, 6.07) is 9.67. The van der Waals surface area contributed by atoms with Crippen molar-refractivity contribution in [2.24, 2.45) is 0 Å². The zero-order valence-corrected chi connectivity index (χ0v) is 13.3. The largest absolute Gasteiger partial charge is 0.491 e. The maximum absolute atomic E-state index is 5.63. The number of nitrogens with one attached hydrogen (secondary N) is 2. The quantitative estimate of drug-likeness (QED) is 0.759. The Hall–Kier alpha value is -2.56. The van der Waals surface area contributed by atoms with Crippen molar-refractivity contribution in [3.05, 3.63) is 48.8 Å². The molecule has 0 radical (unpaired) electrons. The fourth-order valence-electron chi connectivity index (χ4n) is 1.94. The molecule has 0 spiro atoms. The molecule has 116 valence electrons. The number of benzene rings is 1. The van der Waals surface area contributed by atoms with Crippen LogP contribution in [0.25, 0.3) is 0 Å². The molecule has 2 N–H and O–H groups in total. The fourth-order valence-corrected chi connectivity index (χ4v) is 1.94. The Morgan fingerprint density at radius 2 is 1.86 bits per heavy atom. The summed E-state index contributed by atoms with van der Waals surface area (Å²) in [6.45, 7) is 10.2. The van der Waals surface area contributed by atoms with E-state index < -0.39 is 0 Å². The standard InChI is InChI=1S/C17H22N4O/c1-5-10-18-16-11-17(20-13(4)19-16)21-14-6-8-15(9-7-14)22-12(2)3/h5-9,11-12H,1,10H2,2-4H3,(H2,18,19,20,21). The van der Waals surface area contributed by atoms with Crippen LogP contribution in [-0.2, 0) is 0 Å². The Morgan fingerprint density at radius 1 is 1.18 bits per heavy atom. The van der Waals surface area contributed by atoms with E-state index in [0.717, 1.165) is 23.1 Å². The molecule has 1 aromatic heterocycles. The molecule has 2 rings (SSSR count). The second-order valence-corrected chi connectivity index (χ2v) is 5.17. The van der Waals surface area contributed by atoms with Crippen LogP contribution in [0.1, 0.15) is 19.7 Å². The van der Waals surface area contributed by atoms with E-state index >= 15 is 0 Å². The number of nitrogens with zero attached hydrogens (tertiary/aromatic N) is 2. The van der Waals surface area contributed by atoms with Gasteiger partial charge >= 0.3 is 0 Å². The van der Waals surface area contributed by atoms with Crippen molar-refractivity contribution in [1.29, 1.82) is 0 Å². The van der Waals surface area contributed by atoms with Crippen molar-refractivity contribution in [3.8, 4) is 5.75 Å². The van der Waals surface area contributed by atoms with Crippen molar-refractivity contribution in [3.63, 3.8) is 0 Å². The van der Waals surface area contributed by atoms with Crippen LogP contribution in [0.5, 0.6) is 5.75 Å². The Balaban J connectivity index is 2.09. The molecular formula is C17H22N4O. The molecule has 0 amide bonds. The van der Waals surface area contributed by atoms with Gasteiger partial charge in [0, 0.05) is 18.3 Å². The lowest BCUT2D eigenvalue weighted by atomic mass is 10.3. The van der Waals surface area contributed by atoms with E-state index in [2.05, 4.69) is 27.2 Å². The molecule has 5 nitrogen and oxygen atoms in total. The van der Waals surface area contributed by atoms with E-state index in [9.17, 15) is 0 Å². The Labute approximate surface area is 131 Å². The Bertz CT molecular complexity index is 623. The third kappa shape index (κ3) is 4.77. The number of anilines is 3. The minimum Gasteiger partial charge on any atom is -0.491 e. The molecule has 0 aliphatic heterocycles. The number of hydrogen-bond donors (Lipinski definition) is 2. The molecule has 2 aromatic rings. The van der Waals surface area contributed by atoms with Gasteiger partial charge in [0.25, 0.3) is 0 Å². The van der Waals surface area contributed by atoms with Gasteiger partial charge in [-0.25, -0.2) is 9.97 Å². The lowest BCUT2D eigenvalue weighted by Gasteiger charge is -2.12. The summed E-state index contributed by atoms with van der Waals surface area (Å²) in [7, 11) is 0. The van der Waals surface area contributed by atoms with Gasteiger partial charge in [-0.2, -0.15) is 0 Å². The second kappa shape index (κ2) is 7.45. The summed E-state index contributed by atoms with van der Waals surface area (Å²) < 4.78 is 5.63. The Morgan fingerprint density at radius 3 is 2.50 bits per heavy atom. The summed E-state index contributed by atoms with van der Waals surface area (Å²) >= 11 is 0. The third-order valence-corrected chi connectivity index (χ3v) is 2.76. The zero-order valence-electron chi connectivity index (χ0n) is 13.3. The predicted octanol–water partition coefficient (Wildman–Crippen LogP) is 3.91. The highest BCUT2D eigenvalue weighted by Crippen LogP contribution is 2.21. The average Bonchev–Trinajstić information content (AvgIpc) is 2.46. The maximum Gasteiger partial charge on any atom is 0.136 e. The summed E-state index contributed by atoms with van der Waals surface area (Å²) in [5.41, 5.74) is 0.948. The van der Waals surface area contributed by atoms with Crippen LogP contribution in [0.4, 0.5) is 17.3 Å². The van der Waals surface area contributed by atoms with Gasteiger partial charge < -0.3 is 15.4 Å². The topological polar surface area (TPSA) is 59.1 Å². The van der Waals surface area contributed by atoms with Crippen LogP contribution < -0.4 is 15.4 Å². The number of aromatic nitrogens is 2. The SMILES string of the molecule is C=CCNc1cc(Nc2ccc(OC(C)C)cc2)nc(C)n1. The van der Waals surface area contributed by atoms with E-state index in [1.54, 1.807) is 6.08 Å². The van der Waals surface area contributed by atoms with Gasteiger partial charge in [-0.15, -0.1) is 6.58 Å². The smallest absolute Gasteiger partial charge is 0.136 e. The van der Waals surface area contributed by atoms with E-state index in [1.807, 2.05) is 51.1 Å². The van der Waals surface area contributed by atoms with Crippen LogP contribution in [-0.4, -0.2) is 22.6 Å². The van der Waals surface area contributed by atoms with Crippen molar-refractivity contribution >= 4 is 17.3 Å². The first-order valence-electron chi connectivity index (χ1n) is 7.31. The fraction of sp³-hybridized carbons (Fsp3) is 0.294. The first kappa shape index (κ1) is 15.8. The van der Waals surface area contributed by atoms with Gasteiger partial charge in [-0.05, 0) is 45.0 Å². The summed E-state index contributed by atoms with van der Waals surface area (Å²) in [5, 5.41) is 6.43. The van der Waals surface area contributed by atoms with E-state index in [0.29, 0.717) is 12.4 Å². The monoisotopic (exact) mass is 298 g/mol. The van der Waals surface area contributed by atoms with Gasteiger partial charge in [0.15, 0.2) is 0 Å². The van der Waals surface area contributed by atoms with E-state index in [1.165, 1.54) is 0 Å². The van der Waals surface area contributed by atoms with Gasteiger partial charge in [-0.3, -0.25) is 0 Å². The van der Waals surface area contributed by atoms with Crippen LogP contribution in [0.15, 0.2) is 43.0 Å². The molecule has 0 saturated carbocycles. The minimum absolute atomic E-state index is 0.168. The molecule has 0 unspecified atom stereocenters. The van der Waals surface area contributed by atoms with Crippen molar-refractivity contribution < 1.29 is 4.74 Å². The predicted molar refractivity (Wildman–Crippen MR) is 90.9 cm³/mol. The first-order chi connectivity index (χ1) is 10.6. The van der Waals surface area contributed by atoms with Crippen LogP contribution in [0.2, 0.25) is 0 Å². The summed E-state index contributed by atoms with van der Waals surface area (Å²) in [6.07, 6.45) is 1.96. The molecule has 1 heterocycles. The number of rotatable bonds is 7. The van der Waals surface area contributed by atoms with Gasteiger partial charge in [0.1, 0.15) is 23.2 Å². The zero-order chi connectivity index (χ0) is 15.9. The highest BCUT2D eigenvalue weighted by Gasteiger charge is 2.03. The highest BCUT2D eigenvalue weighted by atomic mass is 16.5. The molecule has 0 saturated heterocycles. The summed E-state index contributed by atoms with van der Waals surface area (Å²) in [5.74, 6) is 3.08. The van der Waals surface area contributed by atoms with Crippen LogP contribution >= 0.6 is 0 Å². The summed E-state index contributed by atoms with van der Waals surface area (Å²) in [4.78, 5) is 8.72. The molecule has 0 aliphatic carbocycles. The molecule has 22 heavy (non-hydrogen) atoms. The molecule has 1 aromatic carbocycles. The number of hydrogen-bond acceptors (Lipinski definition) is 5. The second-order valence-electron chi connectivity index (χ2n) is 5.17. The average molecular weight is 298 g/mol. The molecule has 0 bridgehead atoms. The van der Waals surface area contributed by atoms with E-state index in [4.69, 9.17) is 4.74 Å². The molecule has 0 atom stereocenters. The lowest BCUT2D eigenvalue weighted by Crippen LogP contribution is -2.06. The molecule has 5 heteroatoms. The van der Waals surface area contributed by atoms with Gasteiger partial charge in [-0.1, -0.05) is 6.08 Å². The Kier molecular flexibility index (Phi) is 5.36. The number of aryl methyl sites for hydroxylation is 1. The van der Waals surface area contributed by atoms with Crippen molar-refractivity contribution in [2.75, 3.05) is 17.2 Å². The normalized spacial score (nSPS) is 10.4. The lowest BCUT2D eigenvalue weighted by molar-refractivity contribution is 0.242. The molecular weight excluding hydrogens is 276 g/mol. The van der Waals surface area contributed by atoms with Crippen molar-refractivity contribution in [1.82, 2.24) is 9.97 Å². The first-order valence-corrected chi connectivity index (χ1v) is 7.31. The third-order valence-electron chi connectivity index (χ3n) is 2.76. The maximum atomic E-state index is 5.63. The van der Waals surface area contributed by atoms with Gasteiger partial charge in [0.2, 0.25) is 0 Å². The molecule has 0 fully saturated rings. The molecule has 0 aliphatic rings. The van der Waals surface area contributed by atoms with Crippen LogP contribution in [0.3, 0.4) is 0 Å². The minimum atomic E-state index is 0.168. The van der Waals surface area contributed by atoms with Gasteiger partial charge in [0.05, 0.1) is 6.10 Å². The number of ether oxygens (including phenoxy) is 1. The van der Waals surface area contributed by atoms with Crippen molar-refractivity contribution in [2.45, 2.75) is 26.9 Å².